The molecule has 0 bridgehead atoms. The van der Waals surface area contributed by atoms with E-state index in [0.29, 0.717) is 6.61 Å². The van der Waals surface area contributed by atoms with Gasteiger partial charge in [0.2, 0.25) is 0 Å². The summed E-state index contributed by atoms with van der Waals surface area (Å²) >= 11 is 0. The van der Waals surface area contributed by atoms with Crippen molar-refractivity contribution < 1.29 is 29.9 Å². The van der Waals surface area contributed by atoms with Gasteiger partial charge < -0.3 is 34.8 Å². The van der Waals surface area contributed by atoms with Crippen LogP contribution in [0.15, 0.2) is 24.3 Å². The molecule has 1 aromatic carbocycles. The van der Waals surface area contributed by atoms with Gasteiger partial charge in [0, 0.05) is 11.3 Å². The van der Waals surface area contributed by atoms with E-state index in [4.69, 9.17) is 9.47 Å². The van der Waals surface area contributed by atoms with Crippen molar-refractivity contribution >= 4 is 11.3 Å². The maximum atomic E-state index is 10.6. The number of fused-ring (bicyclic) bond motifs is 1. The molecule has 7 nitrogen and oxygen atoms in total. The summed E-state index contributed by atoms with van der Waals surface area (Å²) in [4.78, 5) is 1.88. The smallest absolute Gasteiger partial charge is 0.160 e. The van der Waals surface area contributed by atoms with E-state index in [-0.39, 0.29) is 0 Å². The van der Waals surface area contributed by atoms with Gasteiger partial charge in [-0.3, -0.25) is 0 Å². The van der Waals surface area contributed by atoms with Crippen molar-refractivity contribution in [1.29, 1.82) is 0 Å². The molecule has 5 atom stereocenters. The van der Waals surface area contributed by atoms with Crippen LogP contribution in [0, 0.1) is 0 Å². The Labute approximate surface area is 159 Å². The van der Waals surface area contributed by atoms with Gasteiger partial charge in [-0.15, -0.1) is 0 Å². The Morgan fingerprint density at radius 3 is 2.48 bits per heavy atom. The van der Waals surface area contributed by atoms with E-state index in [0.717, 1.165) is 22.6 Å². The number of ether oxygens (including phenoxy) is 2. The first-order valence-electron chi connectivity index (χ1n) is 9.27. The molecule has 2 aliphatic heterocycles. The first-order valence-corrected chi connectivity index (χ1v) is 9.27. The van der Waals surface area contributed by atoms with Gasteiger partial charge in [-0.2, -0.15) is 0 Å². The lowest BCUT2D eigenvalue weighted by Crippen LogP contribution is -2.67. The number of rotatable bonds is 4. The number of hydrogen-bond donors (Lipinski definition) is 4. The van der Waals surface area contributed by atoms with Crippen LogP contribution in [0.2, 0.25) is 0 Å². The Hall–Kier alpha value is -1.64. The highest BCUT2D eigenvalue weighted by molar-refractivity contribution is 5.82. The maximum Gasteiger partial charge on any atom is 0.160 e. The third-order valence-electron chi connectivity index (χ3n) is 5.28. The van der Waals surface area contributed by atoms with Crippen LogP contribution in [0.3, 0.4) is 0 Å². The zero-order valence-electron chi connectivity index (χ0n) is 16.2. The number of anilines is 1. The average Bonchev–Trinajstić information content (AvgIpc) is 2.61. The second kappa shape index (κ2) is 7.41. The predicted octanol–water partition coefficient (Wildman–Crippen LogP) is 0.887. The molecule has 0 amide bonds. The third-order valence-corrected chi connectivity index (χ3v) is 5.28. The molecule has 7 heteroatoms. The van der Waals surface area contributed by atoms with Gasteiger partial charge in [-0.25, -0.2) is 0 Å². The Kier molecular flexibility index (Phi) is 5.52. The van der Waals surface area contributed by atoms with Gasteiger partial charge in [-0.05, 0) is 51.5 Å². The molecular weight excluding hydrogens is 350 g/mol. The Morgan fingerprint density at radius 2 is 1.85 bits per heavy atom. The molecule has 0 unspecified atom stereocenters. The standard InChI is InChI=1S/C20H29NO6/c1-5-26-12-6-7-14-13(8-12)11(2)9-20(3,4)21(14)19-18(25)17(24)16(23)15(10-22)27-19/h6-9,15-19,22-25H,5,10H2,1-4H3/t15-,16+,17+,18-,19-/m1/s1. The topological polar surface area (TPSA) is 103 Å². The van der Waals surface area contributed by atoms with Gasteiger partial charge in [0.25, 0.3) is 0 Å². The van der Waals surface area contributed by atoms with Crippen molar-refractivity contribution in [2.45, 2.75) is 63.9 Å². The van der Waals surface area contributed by atoms with Crippen LogP contribution < -0.4 is 9.64 Å². The molecule has 1 saturated heterocycles. The van der Waals surface area contributed by atoms with Crippen molar-refractivity contribution in [2.24, 2.45) is 0 Å². The number of allylic oxidation sites excluding steroid dienone is 1. The van der Waals surface area contributed by atoms with Crippen LogP contribution in [0.4, 0.5) is 5.69 Å². The molecule has 3 rings (SSSR count). The van der Waals surface area contributed by atoms with Crippen molar-refractivity contribution in [3.63, 3.8) is 0 Å². The van der Waals surface area contributed by atoms with Crippen LogP contribution in [-0.2, 0) is 4.74 Å². The molecule has 1 aromatic rings. The first kappa shape index (κ1) is 20.1. The lowest BCUT2D eigenvalue weighted by Gasteiger charge is -2.52. The molecule has 4 N–H and O–H groups in total. The zero-order valence-corrected chi connectivity index (χ0v) is 16.2. The van der Waals surface area contributed by atoms with E-state index >= 15 is 0 Å². The Balaban J connectivity index is 2.06. The summed E-state index contributed by atoms with van der Waals surface area (Å²) < 4.78 is 11.4. The molecule has 27 heavy (non-hydrogen) atoms. The summed E-state index contributed by atoms with van der Waals surface area (Å²) in [7, 11) is 0. The van der Waals surface area contributed by atoms with Gasteiger partial charge in [-0.1, -0.05) is 6.08 Å². The van der Waals surface area contributed by atoms with Crippen molar-refractivity contribution in [1.82, 2.24) is 0 Å². The van der Waals surface area contributed by atoms with E-state index in [2.05, 4.69) is 6.08 Å². The van der Waals surface area contributed by atoms with Gasteiger partial charge in [0.15, 0.2) is 6.23 Å². The summed E-state index contributed by atoms with van der Waals surface area (Å²) in [5, 5.41) is 40.5. The zero-order chi connectivity index (χ0) is 19.9. The van der Waals surface area contributed by atoms with Crippen LogP contribution in [-0.4, -0.2) is 69.8 Å². The molecule has 0 radical (unpaired) electrons. The molecule has 150 valence electrons. The normalized spacial score (nSPS) is 32.7. The second-order valence-corrected chi connectivity index (χ2v) is 7.68. The van der Waals surface area contributed by atoms with Gasteiger partial charge in [0.05, 0.1) is 18.8 Å². The molecule has 2 heterocycles. The maximum absolute atomic E-state index is 10.6. The first-order chi connectivity index (χ1) is 12.7. The van der Waals surface area contributed by atoms with E-state index in [1.165, 1.54) is 0 Å². The van der Waals surface area contributed by atoms with Crippen molar-refractivity contribution in [3.8, 4) is 5.75 Å². The molecule has 0 saturated carbocycles. The van der Waals surface area contributed by atoms with Gasteiger partial charge in [0.1, 0.15) is 30.2 Å². The average molecular weight is 379 g/mol. The minimum absolute atomic E-state index is 0.458. The highest BCUT2D eigenvalue weighted by atomic mass is 16.6. The lowest BCUT2D eigenvalue weighted by molar-refractivity contribution is -0.230. The van der Waals surface area contributed by atoms with E-state index < -0.39 is 42.8 Å². The minimum atomic E-state index is -1.42. The van der Waals surface area contributed by atoms with Crippen LogP contribution in [0.1, 0.15) is 33.3 Å². The van der Waals surface area contributed by atoms with Crippen LogP contribution in [0.5, 0.6) is 5.75 Å². The van der Waals surface area contributed by atoms with Crippen molar-refractivity contribution in [3.05, 3.63) is 29.8 Å². The Morgan fingerprint density at radius 1 is 1.15 bits per heavy atom. The molecule has 2 aliphatic rings. The number of aliphatic hydroxyl groups excluding tert-OH is 4. The summed E-state index contributed by atoms with van der Waals surface area (Å²) in [6, 6.07) is 5.70. The number of aliphatic hydroxyl groups is 4. The fraction of sp³-hybridized carbons (Fsp3) is 0.600. The second-order valence-electron chi connectivity index (χ2n) is 7.68. The van der Waals surface area contributed by atoms with Crippen molar-refractivity contribution in [2.75, 3.05) is 18.1 Å². The minimum Gasteiger partial charge on any atom is -0.494 e. The number of hydrogen-bond acceptors (Lipinski definition) is 7. The molecule has 0 spiro atoms. The molecule has 0 aliphatic carbocycles. The molecule has 0 aromatic heterocycles. The Bertz CT molecular complexity index is 716. The third kappa shape index (κ3) is 3.46. The summed E-state index contributed by atoms with van der Waals surface area (Å²) in [5.41, 5.74) is 2.31. The van der Waals surface area contributed by atoms with Crippen LogP contribution in [0.25, 0.3) is 5.57 Å². The highest BCUT2D eigenvalue weighted by Crippen LogP contribution is 2.43. The van der Waals surface area contributed by atoms with Gasteiger partial charge >= 0.3 is 0 Å². The van der Waals surface area contributed by atoms with Crippen LogP contribution >= 0.6 is 0 Å². The predicted molar refractivity (Wildman–Crippen MR) is 102 cm³/mol. The van der Waals surface area contributed by atoms with E-state index in [9.17, 15) is 20.4 Å². The highest BCUT2D eigenvalue weighted by Gasteiger charge is 2.49. The molecular formula is C20H29NO6. The SMILES string of the molecule is CCOc1ccc2c(c1)C(C)=CC(C)(C)N2[C@@H]1O[C@H](CO)[C@H](O)[C@H](O)[C@H]1O. The number of nitrogens with zero attached hydrogens (tertiary/aromatic N) is 1. The molecule has 1 fully saturated rings. The fourth-order valence-electron chi connectivity index (χ4n) is 4.05. The quantitative estimate of drug-likeness (QED) is 0.616. The van der Waals surface area contributed by atoms with E-state index in [1.807, 2.05) is 50.8 Å². The fourth-order valence-corrected chi connectivity index (χ4v) is 4.05. The van der Waals surface area contributed by atoms with E-state index in [1.54, 1.807) is 0 Å². The number of benzene rings is 1. The summed E-state index contributed by atoms with van der Waals surface area (Å²) in [6.07, 6.45) is -3.97. The monoisotopic (exact) mass is 379 g/mol. The summed E-state index contributed by atoms with van der Waals surface area (Å²) in [5.74, 6) is 0.748. The summed E-state index contributed by atoms with van der Waals surface area (Å²) in [6.45, 7) is 8.01. The largest absolute Gasteiger partial charge is 0.494 e. The lowest BCUT2D eigenvalue weighted by atomic mass is 9.86.